The third kappa shape index (κ3) is 3.81. The maximum atomic E-state index is 5.09. The molecule has 0 saturated carbocycles. The van der Waals surface area contributed by atoms with Crippen LogP contribution in [-0.4, -0.2) is 51.1 Å². The normalized spacial score (nSPS) is 19.3. The van der Waals surface area contributed by atoms with Crippen molar-refractivity contribution >= 4 is 10.9 Å². The van der Waals surface area contributed by atoms with Crippen molar-refractivity contribution in [2.45, 2.75) is 45.3 Å². The number of hydrogen-bond acceptors (Lipinski definition) is 5. The van der Waals surface area contributed by atoms with Crippen LogP contribution in [0, 0.1) is 6.92 Å². The zero-order chi connectivity index (χ0) is 17.9. The number of nitrogens with zero attached hydrogens (tertiary/aromatic N) is 4. The molecule has 0 aliphatic carbocycles. The number of aryl methyl sites for hydroxylation is 1. The van der Waals surface area contributed by atoms with Crippen LogP contribution in [0.3, 0.4) is 0 Å². The Morgan fingerprint density at radius 3 is 3.04 bits per heavy atom. The average molecular weight is 353 g/mol. The number of benzene rings is 1. The predicted molar refractivity (Wildman–Crippen MR) is 102 cm³/mol. The van der Waals surface area contributed by atoms with Gasteiger partial charge in [0, 0.05) is 31.2 Å². The number of para-hydroxylation sites is 1. The molecule has 1 saturated heterocycles. The van der Waals surface area contributed by atoms with Crippen LogP contribution >= 0.6 is 0 Å². The van der Waals surface area contributed by atoms with E-state index in [1.807, 2.05) is 13.1 Å². The van der Waals surface area contributed by atoms with E-state index in [-0.39, 0.29) is 0 Å². The molecule has 1 aromatic carbocycles. The molecular weight excluding hydrogens is 326 g/mol. The van der Waals surface area contributed by atoms with Gasteiger partial charge in [0.25, 0.3) is 0 Å². The van der Waals surface area contributed by atoms with E-state index >= 15 is 0 Å². The minimum Gasteiger partial charge on any atom is -0.361 e. The maximum Gasteiger partial charge on any atom is 0.223 e. The molecule has 2 aromatic heterocycles. The summed E-state index contributed by atoms with van der Waals surface area (Å²) >= 11 is 0. The van der Waals surface area contributed by atoms with Gasteiger partial charge in [-0.15, -0.1) is 0 Å². The Bertz CT molecular complexity index is 855. The van der Waals surface area contributed by atoms with Crippen LogP contribution in [0.5, 0.6) is 0 Å². The first-order valence-corrected chi connectivity index (χ1v) is 9.46. The fourth-order valence-corrected chi connectivity index (χ4v) is 4.02. The van der Waals surface area contributed by atoms with Gasteiger partial charge in [-0.2, -0.15) is 4.98 Å². The van der Waals surface area contributed by atoms with Crippen LogP contribution in [0.15, 0.2) is 35.0 Å². The van der Waals surface area contributed by atoms with Crippen LogP contribution < -0.4 is 0 Å². The first-order valence-electron chi connectivity index (χ1n) is 9.46. The molecule has 3 heterocycles. The van der Waals surface area contributed by atoms with Gasteiger partial charge in [-0.05, 0) is 56.4 Å². The summed E-state index contributed by atoms with van der Waals surface area (Å²) in [6.07, 6.45) is 5.65. The number of rotatable bonds is 5. The number of aromatic amines is 1. The fraction of sp³-hybridized carbons (Fsp3) is 0.500. The van der Waals surface area contributed by atoms with E-state index in [4.69, 9.17) is 4.52 Å². The molecule has 26 heavy (non-hydrogen) atoms. The zero-order valence-corrected chi connectivity index (χ0v) is 15.6. The molecular formula is C20H27N5O. The van der Waals surface area contributed by atoms with Crippen molar-refractivity contribution in [3.63, 3.8) is 0 Å². The van der Waals surface area contributed by atoms with E-state index in [9.17, 15) is 0 Å². The van der Waals surface area contributed by atoms with E-state index in [1.165, 1.54) is 35.7 Å². The predicted octanol–water partition coefficient (Wildman–Crippen LogP) is 3.35. The summed E-state index contributed by atoms with van der Waals surface area (Å²) in [5, 5.41) is 5.32. The van der Waals surface area contributed by atoms with E-state index in [0.717, 1.165) is 32.0 Å². The van der Waals surface area contributed by atoms with Gasteiger partial charge in [0.2, 0.25) is 5.89 Å². The van der Waals surface area contributed by atoms with Gasteiger partial charge in [0.15, 0.2) is 5.82 Å². The molecule has 1 unspecified atom stereocenters. The summed E-state index contributed by atoms with van der Waals surface area (Å²) in [6.45, 7) is 5.88. The lowest BCUT2D eigenvalue weighted by atomic mass is 10.1. The summed E-state index contributed by atoms with van der Waals surface area (Å²) in [6, 6.07) is 9.28. The lowest BCUT2D eigenvalue weighted by molar-refractivity contribution is 0.200. The van der Waals surface area contributed by atoms with Gasteiger partial charge < -0.3 is 9.51 Å². The molecule has 0 radical (unpaired) electrons. The molecule has 0 bridgehead atoms. The Morgan fingerprint density at radius 2 is 2.19 bits per heavy atom. The Balaban J connectivity index is 1.36. The lowest BCUT2D eigenvalue weighted by Gasteiger charge is -2.26. The van der Waals surface area contributed by atoms with Gasteiger partial charge in [0.1, 0.15) is 0 Å². The number of fused-ring (bicyclic) bond motifs is 1. The van der Waals surface area contributed by atoms with Gasteiger partial charge in [-0.25, -0.2) is 0 Å². The molecule has 1 fully saturated rings. The average Bonchev–Trinajstić information content (AvgIpc) is 3.20. The van der Waals surface area contributed by atoms with Crippen molar-refractivity contribution in [1.82, 2.24) is 24.9 Å². The minimum atomic E-state index is 0.570. The summed E-state index contributed by atoms with van der Waals surface area (Å²) in [4.78, 5) is 12.7. The van der Waals surface area contributed by atoms with Gasteiger partial charge in [-0.3, -0.25) is 9.80 Å². The largest absolute Gasteiger partial charge is 0.361 e. The van der Waals surface area contributed by atoms with Crippen molar-refractivity contribution in [3.05, 3.63) is 47.7 Å². The number of hydrogen-bond donors (Lipinski definition) is 1. The molecule has 6 nitrogen and oxygen atoms in total. The number of likely N-dealkylation sites (tertiary alicyclic amines) is 1. The Hall–Kier alpha value is -2.18. The van der Waals surface area contributed by atoms with E-state index in [0.29, 0.717) is 11.9 Å². The van der Waals surface area contributed by atoms with Crippen LogP contribution in [0.25, 0.3) is 10.9 Å². The molecule has 1 aliphatic rings. The molecule has 138 valence electrons. The molecule has 0 amide bonds. The lowest BCUT2D eigenvalue weighted by Crippen LogP contribution is -2.33. The maximum absolute atomic E-state index is 5.09. The quantitative estimate of drug-likeness (QED) is 0.762. The third-order valence-corrected chi connectivity index (χ3v) is 5.44. The van der Waals surface area contributed by atoms with Gasteiger partial charge in [0.05, 0.1) is 6.54 Å². The minimum absolute atomic E-state index is 0.570. The third-order valence-electron chi connectivity index (χ3n) is 5.44. The summed E-state index contributed by atoms with van der Waals surface area (Å²) < 4.78 is 5.09. The Kier molecular flexibility index (Phi) is 5.04. The molecule has 1 atom stereocenters. The Labute approximate surface area is 154 Å². The second-order valence-corrected chi connectivity index (χ2v) is 7.36. The smallest absolute Gasteiger partial charge is 0.223 e. The second-order valence-electron chi connectivity index (χ2n) is 7.36. The molecule has 1 N–H and O–H groups in total. The number of nitrogens with one attached hydrogen (secondary N) is 1. The number of H-pyrrole nitrogens is 1. The standard InChI is InChI=1S/C20H27N5O/c1-15-22-19(23-26-15)14-24(2)18-7-4-11-25(12-9-18)13-17-6-3-5-16-8-10-21-20(16)17/h3,5-6,8,10,18,21H,4,7,9,11-14H2,1-2H3. The highest BCUT2D eigenvalue weighted by molar-refractivity contribution is 5.82. The Morgan fingerprint density at radius 1 is 1.27 bits per heavy atom. The summed E-state index contributed by atoms with van der Waals surface area (Å²) in [5.74, 6) is 1.42. The monoisotopic (exact) mass is 353 g/mol. The van der Waals surface area contributed by atoms with E-state index < -0.39 is 0 Å². The van der Waals surface area contributed by atoms with Crippen molar-refractivity contribution in [1.29, 1.82) is 0 Å². The molecule has 6 heteroatoms. The van der Waals surface area contributed by atoms with Crippen molar-refractivity contribution in [2.75, 3.05) is 20.1 Å². The highest BCUT2D eigenvalue weighted by Gasteiger charge is 2.22. The molecule has 4 rings (SSSR count). The number of aromatic nitrogens is 3. The van der Waals surface area contributed by atoms with Gasteiger partial charge in [-0.1, -0.05) is 23.4 Å². The van der Waals surface area contributed by atoms with Crippen molar-refractivity contribution in [2.24, 2.45) is 0 Å². The molecule has 1 aliphatic heterocycles. The van der Waals surface area contributed by atoms with Crippen molar-refractivity contribution < 1.29 is 4.52 Å². The van der Waals surface area contributed by atoms with Crippen LogP contribution in [0.1, 0.15) is 36.5 Å². The fourth-order valence-electron chi connectivity index (χ4n) is 4.02. The summed E-state index contributed by atoms with van der Waals surface area (Å²) in [7, 11) is 2.17. The van der Waals surface area contributed by atoms with Crippen molar-refractivity contribution in [3.8, 4) is 0 Å². The summed E-state index contributed by atoms with van der Waals surface area (Å²) in [5.41, 5.74) is 2.67. The van der Waals surface area contributed by atoms with E-state index in [2.05, 4.69) is 56.2 Å². The highest BCUT2D eigenvalue weighted by Crippen LogP contribution is 2.22. The second kappa shape index (κ2) is 7.60. The first kappa shape index (κ1) is 17.2. The zero-order valence-electron chi connectivity index (χ0n) is 15.6. The highest BCUT2D eigenvalue weighted by atomic mass is 16.5. The van der Waals surface area contributed by atoms with E-state index in [1.54, 1.807) is 0 Å². The molecule has 3 aromatic rings. The van der Waals surface area contributed by atoms with Gasteiger partial charge >= 0.3 is 0 Å². The molecule has 0 spiro atoms. The SMILES string of the molecule is Cc1nc(CN(C)C2CCCN(Cc3cccc4cc[nH]c34)CC2)no1. The van der Waals surface area contributed by atoms with Crippen LogP contribution in [0.4, 0.5) is 0 Å². The van der Waals surface area contributed by atoms with Crippen LogP contribution in [0.2, 0.25) is 0 Å². The first-order chi connectivity index (χ1) is 12.7. The van der Waals surface area contributed by atoms with Crippen LogP contribution in [-0.2, 0) is 13.1 Å². The topological polar surface area (TPSA) is 61.2 Å².